The van der Waals surface area contributed by atoms with E-state index in [4.69, 9.17) is 9.47 Å². The number of benzene rings is 1. The maximum atomic E-state index is 12.3. The maximum Gasteiger partial charge on any atom is 0.345 e. The standard InChI is InChI=1S/C19H20O4/c1-22-16(20)14-11-18-9-5-6-10-19(18,23-17(14)21)12-15(18)13-7-3-2-4-8-13/h2-4,7-8,11,15H,5-6,9-10,12H2,1H3/t15?,18-,19+/m1/s1. The van der Waals surface area contributed by atoms with Gasteiger partial charge >= 0.3 is 11.9 Å². The van der Waals surface area contributed by atoms with Crippen molar-refractivity contribution in [3.05, 3.63) is 47.5 Å². The molecule has 23 heavy (non-hydrogen) atoms. The van der Waals surface area contributed by atoms with Gasteiger partial charge in [-0.2, -0.15) is 0 Å². The van der Waals surface area contributed by atoms with E-state index >= 15 is 0 Å². The van der Waals surface area contributed by atoms with E-state index in [0.29, 0.717) is 0 Å². The van der Waals surface area contributed by atoms with Crippen LogP contribution in [0.3, 0.4) is 0 Å². The van der Waals surface area contributed by atoms with Gasteiger partial charge in [-0.05, 0) is 31.2 Å². The molecule has 0 amide bonds. The van der Waals surface area contributed by atoms with E-state index in [1.807, 2.05) is 24.3 Å². The van der Waals surface area contributed by atoms with E-state index in [2.05, 4.69) is 12.1 Å². The molecule has 3 aliphatic rings. The summed E-state index contributed by atoms with van der Waals surface area (Å²) in [5, 5.41) is 0. The molecule has 1 heterocycles. The smallest absolute Gasteiger partial charge is 0.345 e. The molecule has 2 aliphatic carbocycles. The van der Waals surface area contributed by atoms with Crippen LogP contribution in [0.2, 0.25) is 0 Å². The SMILES string of the molecule is COC(=O)C1=C[C@@]23CCCC[C@@]2(CC3c2ccccc2)OC1=O. The third-order valence-electron chi connectivity index (χ3n) is 5.94. The molecular weight excluding hydrogens is 292 g/mol. The molecule has 4 rings (SSSR count). The fraction of sp³-hybridized carbons (Fsp3) is 0.474. The molecule has 3 atom stereocenters. The van der Waals surface area contributed by atoms with Gasteiger partial charge in [0.1, 0.15) is 11.2 Å². The highest BCUT2D eigenvalue weighted by Gasteiger charge is 2.69. The molecule has 0 saturated heterocycles. The first-order chi connectivity index (χ1) is 11.1. The molecule has 1 aromatic rings. The minimum atomic E-state index is -0.595. The average molecular weight is 312 g/mol. The Bertz CT molecular complexity index is 693. The van der Waals surface area contributed by atoms with Crippen LogP contribution in [0.15, 0.2) is 42.0 Å². The molecule has 1 aliphatic heterocycles. The van der Waals surface area contributed by atoms with Crippen molar-refractivity contribution in [3.8, 4) is 0 Å². The zero-order valence-electron chi connectivity index (χ0n) is 13.2. The zero-order valence-corrected chi connectivity index (χ0v) is 13.2. The molecule has 0 spiro atoms. The van der Waals surface area contributed by atoms with E-state index in [1.165, 1.54) is 12.7 Å². The van der Waals surface area contributed by atoms with Gasteiger partial charge in [0.2, 0.25) is 0 Å². The normalized spacial score (nSPS) is 35.1. The summed E-state index contributed by atoms with van der Waals surface area (Å²) < 4.78 is 10.6. The van der Waals surface area contributed by atoms with Crippen molar-refractivity contribution in [1.29, 1.82) is 0 Å². The lowest BCUT2D eigenvalue weighted by Gasteiger charge is -2.66. The van der Waals surface area contributed by atoms with Crippen LogP contribution in [0.4, 0.5) is 0 Å². The van der Waals surface area contributed by atoms with Crippen LogP contribution in [0, 0.1) is 5.41 Å². The molecule has 2 saturated carbocycles. The predicted octanol–water partition coefficient (Wildman–Crippen LogP) is 3.13. The number of carbonyl (C=O) groups excluding carboxylic acids is 2. The topological polar surface area (TPSA) is 52.6 Å². The second kappa shape index (κ2) is 4.95. The molecular formula is C19H20O4. The molecule has 120 valence electrons. The van der Waals surface area contributed by atoms with Crippen LogP contribution < -0.4 is 0 Å². The van der Waals surface area contributed by atoms with Crippen LogP contribution in [-0.2, 0) is 19.1 Å². The van der Waals surface area contributed by atoms with Crippen molar-refractivity contribution in [1.82, 2.24) is 0 Å². The van der Waals surface area contributed by atoms with Crippen LogP contribution in [0.25, 0.3) is 0 Å². The van der Waals surface area contributed by atoms with Crippen molar-refractivity contribution >= 4 is 11.9 Å². The van der Waals surface area contributed by atoms with E-state index in [9.17, 15) is 9.59 Å². The van der Waals surface area contributed by atoms with E-state index in [-0.39, 0.29) is 16.9 Å². The Morgan fingerprint density at radius 2 is 1.96 bits per heavy atom. The van der Waals surface area contributed by atoms with Gasteiger partial charge in [0.25, 0.3) is 0 Å². The fourth-order valence-corrected chi connectivity index (χ4v) is 4.85. The molecule has 1 aromatic carbocycles. The van der Waals surface area contributed by atoms with Crippen LogP contribution in [0.5, 0.6) is 0 Å². The van der Waals surface area contributed by atoms with Crippen molar-refractivity contribution in [3.63, 3.8) is 0 Å². The second-order valence-electron chi connectivity index (χ2n) is 6.85. The maximum absolute atomic E-state index is 12.3. The summed E-state index contributed by atoms with van der Waals surface area (Å²) in [6, 6.07) is 10.3. The number of carbonyl (C=O) groups is 2. The van der Waals surface area contributed by atoms with Crippen molar-refractivity contribution in [2.75, 3.05) is 7.11 Å². The minimum absolute atomic E-state index is 0.0608. The lowest BCUT2D eigenvalue weighted by molar-refractivity contribution is -0.222. The van der Waals surface area contributed by atoms with Crippen LogP contribution in [-0.4, -0.2) is 24.6 Å². The molecule has 2 fully saturated rings. The monoisotopic (exact) mass is 312 g/mol. The Morgan fingerprint density at radius 1 is 1.22 bits per heavy atom. The Kier molecular flexibility index (Phi) is 3.12. The Labute approximate surface area is 135 Å². The molecule has 0 N–H and O–H groups in total. The van der Waals surface area contributed by atoms with E-state index < -0.39 is 17.5 Å². The number of methoxy groups -OCH3 is 1. The van der Waals surface area contributed by atoms with Crippen molar-refractivity contribution in [2.45, 2.75) is 43.6 Å². The van der Waals surface area contributed by atoms with Crippen molar-refractivity contribution < 1.29 is 19.1 Å². The number of hydrogen-bond donors (Lipinski definition) is 0. The molecule has 1 unspecified atom stereocenters. The molecule has 4 heteroatoms. The lowest BCUT2D eigenvalue weighted by Crippen LogP contribution is -2.67. The summed E-state index contributed by atoms with van der Waals surface area (Å²) in [7, 11) is 1.30. The highest BCUT2D eigenvalue weighted by atomic mass is 16.6. The van der Waals surface area contributed by atoms with Gasteiger partial charge in [-0.3, -0.25) is 0 Å². The van der Waals surface area contributed by atoms with Gasteiger partial charge in [0.15, 0.2) is 0 Å². The molecule has 0 aromatic heterocycles. The number of ether oxygens (including phenoxy) is 2. The third kappa shape index (κ3) is 1.84. The predicted molar refractivity (Wildman–Crippen MR) is 83.6 cm³/mol. The van der Waals surface area contributed by atoms with Crippen LogP contribution in [0.1, 0.15) is 43.6 Å². The summed E-state index contributed by atoms with van der Waals surface area (Å²) in [5.41, 5.74) is 0.624. The van der Waals surface area contributed by atoms with Gasteiger partial charge in [0, 0.05) is 11.3 Å². The fourth-order valence-electron chi connectivity index (χ4n) is 4.85. The molecule has 4 nitrogen and oxygen atoms in total. The summed E-state index contributed by atoms with van der Waals surface area (Å²) in [6.07, 6.45) is 6.71. The molecule has 0 bridgehead atoms. The number of esters is 2. The second-order valence-corrected chi connectivity index (χ2v) is 6.85. The average Bonchev–Trinajstić information content (AvgIpc) is 2.57. The van der Waals surface area contributed by atoms with E-state index in [1.54, 1.807) is 0 Å². The van der Waals surface area contributed by atoms with E-state index in [0.717, 1.165) is 32.1 Å². The Morgan fingerprint density at radius 3 is 2.70 bits per heavy atom. The first-order valence-corrected chi connectivity index (χ1v) is 8.21. The summed E-state index contributed by atoms with van der Waals surface area (Å²) >= 11 is 0. The summed E-state index contributed by atoms with van der Waals surface area (Å²) in [5.74, 6) is -0.833. The third-order valence-corrected chi connectivity index (χ3v) is 5.94. The largest absolute Gasteiger partial charge is 0.465 e. The highest BCUT2D eigenvalue weighted by Crippen LogP contribution is 2.70. The summed E-state index contributed by atoms with van der Waals surface area (Å²) in [6.45, 7) is 0. The van der Waals surface area contributed by atoms with Gasteiger partial charge in [-0.25, -0.2) is 9.59 Å². The minimum Gasteiger partial charge on any atom is -0.465 e. The van der Waals surface area contributed by atoms with Crippen molar-refractivity contribution in [2.24, 2.45) is 5.41 Å². The lowest BCUT2D eigenvalue weighted by atomic mass is 9.42. The van der Waals surface area contributed by atoms with Gasteiger partial charge in [0.05, 0.1) is 7.11 Å². The van der Waals surface area contributed by atoms with Crippen LogP contribution >= 0.6 is 0 Å². The summed E-state index contributed by atoms with van der Waals surface area (Å²) in [4.78, 5) is 24.3. The van der Waals surface area contributed by atoms with Gasteiger partial charge in [-0.15, -0.1) is 0 Å². The Balaban J connectivity index is 1.82. The zero-order chi connectivity index (χ0) is 16.1. The Hall–Kier alpha value is -2.10. The quantitative estimate of drug-likeness (QED) is 0.622. The number of rotatable bonds is 2. The number of hydrogen-bond acceptors (Lipinski definition) is 4. The molecule has 0 radical (unpaired) electrons. The van der Waals surface area contributed by atoms with Gasteiger partial charge in [-0.1, -0.05) is 42.8 Å². The van der Waals surface area contributed by atoms with Gasteiger partial charge < -0.3 is 9.47 Å². The first kappa shape index (κ1) is 14.5. The highest BCUT2D eigenvalue weighted by molar-refractivity contribution is 6.15. The first-order valence-electron chi connectivity index (χ1n) is 8.21.